The first-order valence-corrected chi connectivity index (χ1v) is 9.10. The first-order valence-electron chi connectivity index (χ1n) is 9.10. The van der Waals surface area contributed by atoms with Gasteiger partial charge in [0.15, 0.2) is 0 Å². The molecule has 26 heavy (non-hydrogen) atoms. The Morgan fingerprint density at radius 1 is 1.00 bits per heavy atom. The molecule has 0 unspecified atom stereocenters. The maximum Gasteiger partial charge on any atom is 0.329 e. The molecule has 0 fully saturated rings. The lowest BCUT2D eigenvalue weighted by atomic mass is 10.0. The van der Waals surface area contributed by atoms with Crippen LogP contribution in [-0.4, -0.2) is 27.0 Å². The highest BCUT2D eigenvalue weighted by Crippen LogP contribution is 2.26. The summed E-state index contributed by atoms with van der Waals surface area (Å²) in [4.78, 5) is 12.6. The van der Waals surface area contributed by atoms with E-state index in [-0.39, 0.29) is 18.8 Å². The zero-order valence-electron chi connectivity index (χ0n) is 15.6. The highest BCUT2D eigenvalue weighted by atomic mass is 16.5. The molecule has 5 heteroatoms. The van der Waals surface area contributed by atoms with Crippen LogP contribution in [0, 0.1) is 0 Å². The number of rotatable bonds is 7. The minimum absolute atomic E-state index is 0.102. The number of hydrogen-bond donors (Lipinski definition) is 1. The second-order valence-electron chi connectivity index (χ2n) is 6.78. The summed E-state index contributed by atoms with van der Waals surface area (Å²) in [5, 5.41) is 10.5. The quantitative estimate of drug-likeness (QED) is 0.708. The summed E-state index contributed by atoms with van der Waals surface area (Å²) >= 11 is 0. The number of imidazole rings is 1. The van der Waals surface area contributed by atoms with Crippen LogP contribution in [0.4, 0.5) is 0 Å². The highest BCUT2D eigenvalue weighted by molar-refractivity contribution is 5.75. The monoisotopic (exact) mass is 354 g/mol. The fraction of sp³-hybridized carbons (Fsp3) is 0.381. The van der Waals surface area contributed by atoms with Crippen molar-refractivity contribution in [3.8, 4) is 5.75 Å². The molecule has 0 radical (unpaired) electrons. The van der Waals surface area contributed by atoms with Gasteiger partial charge in [-0.1, -0.05) is 44.2 Å². The summed E-state index contributed by atoms with van der Waals surface area (Å²) in [6.07, 6.45) is -0.774. The first-order chi connectivity index (χ1) is 12.5. The molecule has 3 aromatic rings. The zero-order valence-corrected chi connectivity index (χ0v) is 15.6. The number of hydrogen-bond acceptors (Lipinski definition) is 3. The smallest absolute Gasteiger partial charge is 0.329 e. The van der Waals surface area contributed by atoms with Gasteiger partial charge in [-0.3, -0.25) is 9.13 Å². The minimum atomic E-state index is -0.774. The first kappa shape index (κ1) is 18.3. The Labute approximate surface area is 153 Å². The van der Waals surface area contributed by atoms with Crippen LogP contribution in [0.2, 0.25) is 0 Å². The van der Waals surface area contributed by atoms with Gasteiger partial charge in [-0.25, -0.2) is 4.79 Å². The Bertz CT molecular complexity index is 940. The van der Waals surface area contributed by atoms with Crippen molar-refractivity contribution in [1.29, 1.82) is 0 Å². The fourth-order valence-electron chi connectivity index (χ4n) is 3.29. The molecular formula is C21H26N2O3. The average molecular weight is 354 g/mol. The van der Waals surface area contributed by atoms with Gasteiger partial charge < -0.3 is 9.84 Å². The van der Waals surface area contributed by atoms with Crippen LogP contribution in [0.15, 0.2) is 53.3 Å². The number of fused-ring (bicyclic) bond motifs is 1. The largest absolute Gasteiger partial charge is 0.491 e. The molecule has 1 aromatic heterocycles. The van der Waals surface area contributed by atoms with Gasteiger partial charge in [0.2, 0.25) is 0 Å². The number of aliphatic hydroxyl groups is 1. The van der Waals surface area contributed by atoms with Crippen molar-refractivity contribution in [3.05, 3.63) is 64.6 Å². The second-order valence-corrected chi connectivity index (χ2v) is 6.78. The van der Waals surface area contributed by atoms with E-state index in [1.54, 1.807) is 9.13 Å². The van der Waals surface area contributed by atoms with Crippen molar-refractivity contribution >= 4 is 11.0 Å². The van der Waals surface area contributed by atoms with Crippen LogP contribution in [0.3, 0.4) is 0 Å². The number of benzene rings is 2. The third kappa shape index (κ3) is 3.53. The topological polar surface area (TPSA) is 56.4 Å². The summed E-state index contributed by atoms with van der Waals surface area (Å²) in [5.74, 6) is 1.12. The molecule has 0 aliphatic heterocycles. The van der Waals surface area contributed by atoms with Gasteiger partial charge in [0.25, 0.3) is 0 Å². The van der Waals surface area contributed by atoms with Gasteiger partial charge in [-0.15, -0.1) is 0 Å². The maximum absolute atomic E-state index is 12.6. The summed E-state index contributed by atoms with van der Waals surface area (Å²) in [7, 11) is 0. The van der Waals surface area contributed by atoms with Crippen molar-refractivity contribution in [2.24, 2.45) is 0 Å². The van der Waals surface area contributed by atoms with E-state index < -0.39 is 6.10 Å². The number of para-hydroxylation sites is 3. The summed E-state index contributed by atoms with van der Waals surface area (Å²) in [6, 6.07) is 15.5. The Morgan fingerprint density at radius 3 is 2.27 bits per heavy atom. The summed E-state index contributed by atoms with van der Waals surface area (Å²) in [6.45, 7) is 7.11. The number of ether oxygens (including phenoxy) is 1. The predicted molar refractivity (Wildman–Crippen MR) is 104 cm³/mol. The van der Waals surface area contributed by atoms with Crippen molar-refractivity contribution in [1.82, 2.24) is 9.13 Å². The van der Waals surface area contributed by atoms with Gasteiger partial charge in [0.1, 0.15) is 18.5 Å². The van der Waals surface area contributed by atoms with Gasteiger partial charge in [0.05, 0.1) is 17.6 Å². The summed E-state index contributed by atoms with van der Waals surface area (Å²) < 4.78 is 9.19. The van der Waals surface area contributed by atoms with Crippen LogP contribution in [0.25, 0.3) is 11.0 Å². The van der Waals surface area contributed by atoms with E-state index in [1.807, 2.05) is 55.5 Å². The molecule has 1 atom stereocenters. The van der Waals surface area contributed by atoms with E-state index in [2.05, 4.69) is 13.8 Å². The predicted octanol–water partition coefficient (Wildman–Crippen LogP) is 3.39. The normalized spacial score (nSPS) is 12.7. The van der Waals surface area contributed by atoms with E-state index in [4.69, 9.17) is 4.74 Å². The number of aryl methyl sites for hydroxylation is 1. The molecule has 0 aliphatic rings. The van der Waals surface area contributed by atoms with Crippen LogP contribution in [0.5, 0.6) is 5.75 Å². The molecule has 2 aromatic carbocycles. The molecule has 1 N–H and O–H groups in total. The molecule has 0 bridgehead atoms. The number of nitrogens with zero attached hydrogens (tertiary/aromatic N) is 2. The number of aromatic nitrogens is 2. The van der Waals surface area contributed by atoms with Crippen LogP contribution >= 0.6 is 0 Å². The minimum Gasteiger partial charge on any atom is -0.491 e. The van der Waals surface area contributed by atoms with E-state index in [0.29, 0.717) is 12.5 Å². The fourth-order valence-corrected chi connectivity index (χ4v) is 3.29. The maximum atomic E-state index is 12.6. The van der Waals surface area contributed by atoms with Crippen molar-refractivity contribution in [3.63, 3.8) is 0 Å². The van der Waals surface area contributed by atoms with Crippen LogP contribution < -0.4 is 10.4 Å². The van der Waals surface area contributed by atoms with Crippen LogP contribution in [0.1, 0.15) is 32.3 Å². The van der Waals surface area contributed by atoms with E-state index in [1.165, 1.54) is 0 Å². The lowest BCUT2D eigenvalue weighted by Gasteiger charge is -2.17. The third-order valence-corrected chi connectivity index (χ3v) is 4.61. The lowest BCUT2D eigenvalue weighted by Crippen LogP contribution is -2.31. The number of aliphatic hydroxyl groups excluding tert-OH is 1. The highest BCUT2D eigenvalue weighted by Gasteiger charge is 2.16. The molecule has 1 heterocycles. The average Bonchev–Trinajstić information content (AvgIpc) is 2.91. The second kappa shape index (κ2) is 7.79. The Balaban J connectivity index is 1.78. The van der Waals surface area contributed by atoms with E-state index >= 15 is 0 Å². The van der Waals surface area contributed by atoms with E-state index in [9.17, 15) is 9.90 Å². The Morgan fingerprint density at radius 2 is 1.62 bits per heavy atom. The molecule has 0 saturated heterocycles. The standard InChI is InChI=1S/C21H26N2O3/c1-4-22-18-10-6-7-11-19(18)23(21(22)25)13-16(24)14-26-20-12-8-5-9-17(20)15(2)3/h5-12,15-16,24H,4,13-14H2,1-3H3/t16-/m1/s1. The Hall–Kier alpha value is -2.53. The molecule has 0 amide bonds. The van der Waals surface area contributed by atoms with Crippen LogP contribution in [-0.2, 0) is 13.1 Å². The third-order valence-electron chi connectivity index (χ3n) is 4.61. The van der Waals surface area contributed by atoms with Gasteiger partial charge in [-0.2, -0.15) is 0 Å². The summed E-state index contributed by atoms with van der Waals surface area (Å²) in [5.41, 5.74) is 2.73. The van der Waals surface area contributed by atoms with Crippen molar-refractivity contribution in [2.45, 2.75) is 45.9 Å². The van der Waals surface area contributed by atoms with Gasteiger partial charge >= 0.3 is 5.69 Å². The lowest BCUT2D eigenvalue weighted by molar-refractivity contribution is 0.0918. The van der Waals surface area contributed by atoms with E-state index in [0.717, 1.165) is 22.3 Å². The molecule has 0 aliphatic carbocycles. The van der Waals surface area contributed by atoms with Crippen molar-refractivity contribution in [2.75, 3.05) is 6.61 Å². The molecule has 5 nitrogen and oxygen atoms in total. The molecule has 138 valence electrons. The molecular weight excluding hydrogens is 328 g/mol. The molecule has 0 saturated carbocycles. The molecule has 3 rings (SSSR count). The van der Waals surface area contributed by atoms with Gasteiger partial charge in [0, 0.05) is 6.54 Å². The van der Waals surface area contributed by atoms with Crippen molar-refractivity contribution < 1.29 is 9.84 Å². The SMILES string of the molecule is CCn1c(=O)n(C[C@@H](O)COc2ccccc2C(C)C)c2ccccc21. The molecule has 0 spiro atoms. The van der Waals surface area contributed by atoms with Gasteiger partial charge in [-0.05, 0) is 36.6 Å². The Kier molecular flexibility index (Phi) is 5.47. The zero-order chi connectivity index (χ0) is 18.7.